The molecule has 2 rings (SSSR count). The smallest absolute Gasteiger partial charge is 0.249 e. The van der Waals surface area contributed by atoms with Crippen LogP contribution in [0.2, 0.25) is 0 Å². The van der Waals surface area contributed by atoms with Crippen molar-refractivity contribution in [3.63, 3.8) is 0 Å². The van der Waals surface area contributed by atoms with Gasteiger partial charge in [0, 0.05) is 25.9 Å². The molecule has 2 amide bonds. The van der Waals surface area contributed by atoms with E-state index in [0.717, 1.165) is 24.8 Å². The molecule has 1 heterocycles. The van der Waals surface area contributed by atoms with Crippen LogP contribution in [0.1, 0.15) is 37.3 Å². The van der Waals surface area contributed by atoms with Crippen molar-refractivity contribution in [2.45, 2.75) is 31.7 Å². The van der Waals surface area contributed by atoms with E-state index in [0.29, 0.717) is 19.5 Å². The highest BCUT2D eigenvalue weighted by atomic mass is 16.2. The lowest BCUT2D eigenvalue weighted by molar-refractivity contribution is -0.133. The van der Waals surface area contributed by atoms with Gasteiger partial charge in [0.05, 0.1) is 0 Å². The van der Waals surface area contributed by atoms with Crippen LogP contribution in [0.15, 0.2) is 30.3 Å². The van der Waals surface area contributed by atoms with Gasteiger partial charge in [-0.2, -0.15) is 0 Å². The molecule has 21 heavy (non-hydrogen) atoms. The number of benzene rings is 1. The highest BCUT2D eigenvalue weighted by molar-refractivity contribution is 5.90. The molecule has 1 unspecified atom stereocenters. The molecular formula is C17H20N2O2. The van der Waals surface area contributed by atoms with Gasteiger partial charge in [-0.1, -0.05) is 30.3 Å². The number of terminal acetylenes is 1. The third kappa shape index (κ3) is 4.09. The number of rotatable bonds is 5. The molecule has 0 saturated carbocycles. The number of carbonyl (C=O) groups excluding carboxylic acids is 2. The Balaban J connectivity index is 2.08. The Kier molecular flexibility index (Phi) is 5.39. The van der Waals surface area contributed by atoms with Crippen molar-refractivity contribution in [1.82, 2.24) is 10.2 Å². The second-order valence-corrected chi connectivity index (χ2v) is 5.15. The summed E-state index contributed by atoms with van der Waals surface area (Å²) in [6.45, 7) is 1.13. The third-order valence-corrected chi connectivity index (χ3v) is 3.60. The molecule has 1 aliphatic rings. The number of unbranched alkanes of at least 4 members (excludes halogenated alkanes) is 2. The molecule has 1 N–H and O–H groups in total. The first-order chi connectivity index (χ1) is 10.2. The van der Waals surface area contributed by atoms with Crippen molar-refractivity contribution >= 4 is 11.8 Å². The van der Waals surface area contributed by atoms with Gasteiger partial charge in [0.25, 0.3) is 0 Å². The Morgan fingerprint density at radius 1 is 1.24 bits per heavy atom. The predicted octanol–water partition coefficient (Wildman–Crippen LogP) is 1.88. The van der Waals surface area contributed by atoms with Crippen LogP contribution in [0, 0.1) is 12.3 Å². The van der Waals surface area contributed by atoms with Gasteiger partial charge in [0.1, 0.15) is 6.04 Å². The van der Waals surface area contributed by atoms with Crippen LogP contribution in [0.25, 0.3) is 0 Å². The van der Waals surface area contributed by atoms with E-state index in [2.05, 4.69) is 11.2 Å². The van der Waals surface area contributed by atoms with Crippen LogP contribution in [0.3, 0.4) is 0 Å². The van der Waals surface area contributed by atoms with Gasteiger partial charge in [-0.15, -0.1) is 12.3 Å². The van der Waals surface area contributed by atoms with Crippen LogP contribution >= 0.6 is 0 Å². The minimum atomic E-state index is -0.575. The van der Waals surface area contributed by atoms with E-state index in [1.54, 1.807) is 4.90 Å². The van der Waals surface area contributed by atoms with Gasteiger partial charge in [0.2, 0.25) is 11.8 Å². The number of hydrogen-bond donors (Lipinski definition) is 1. The number of carbonyl (C=O) groups is 2. The monoisotopic (exact) mass is 284 g/mol. The summed E-state index contributed by atoms with van der Waals surface area (Å²) in [6, 6.07) is 8.79. The molecular weight excluding hydrogens is 264 g/mol. The Bertz CT molecular complexity index is 533. The van der Waals surface area contributed by atoms with Crippen LogP contribution in [0.4, 0.5) is 0 Å². The van der Waals surface area contributed by atoms with Gasteiger partial charge in [-0.25, -0.2) is 0 Å². The summed E-state index contributed by atoms with van der Waals surface area (Å²) in [5.74, 6) is 2.49. The molecule has 4 nitrogen and oxygen atoms in total. The molecule has 1 atom stereocenters. The summed E-state index contributed by atoms with van der Waals surface area (Å²) in [5.41, 5.74) is 0.825. The number of hydrogen-bond acceptors (Lipinski definition) is 2. The summed E-state index contributed by atoms with van der Waals surface area (Å²) in [5, 5.41) is 2.81. The van der Waals surface area contributed by atoms with E-state index in [9.17, 15) is 9.59 Å². The first-order valence-electron chi connectivity index (χ1n) is 7.29. The van der Waals surface area contributed by atoms with Crippen molar-refractivity contribution in [3.8, 4) is 12.3 Å². The van der Waals surface area contributed by atoms with Crippen molar-refractivity contribution in [2.24, 2.45) is 0 Å². The Morgan fingerprint density at radius 2 is 2.00 bits per heavy atom. The van der Waals surface area contributed by atoms with E-state index in [4.69, 9.17) is 6.42 Å². The zero-order valence-corrected chi connectivity index (χ0v) is 12.0. The van der Waals surface area contributed by atoms with Gasteiger partial charge < -0.3 is 10.2 Å². The zero-order valence-electron chi connectivity index (χ0n) is 12.0. The Labute approximate surface area is 125 Å². The molecule has 0 aliphatic carbocycles. The van der Waals surface area contributed by atoms with Gasteiger partial charge in [-0.05, 0) is 18.4 Å². The lowest BCUT2D eigenvalue weighted by atomic mass is 10.1. The maximum Gasteiger partial charge on any atom is 0.249 e. The fourth-order valence-electron chi connectivity index (χ4n) is 2.45. The number of nitrogens with one attached hydrogen (secondary N) is 1. The van der Waals surface area contributed by atoms with Crippen molar-refractivity contribution in [1.29, 1.82) is 0 Å². The molecule has 0 aromatic heterocycles. The average Bonchev–Trinajstić information content (AvgIpc) is 2.65. The van der Waals surface area contributed by atoms with E-state index in [1.165, 1.54) is 0 Å². The quantitative estimate of drug-likeness (QED) is 0.663. The molecule has 0 spiro atoms. The molecule has 4 heteroatoms. The Hall–Kier alpha value is -2.28. The molecule has 1 aliphatic heterocycles. The molecule has 0 bridgehead atoms. The summed E-state index contributed by atoms with van der Waals surface area (Å²) in [6.07, 6.45) is 8.07. The van der Waals surface area contributed by atoms with Crippen LogP contribution in [-0.4, -0.2) is 29.8 Å². The normalized spacial score (nSPS) is 18.8. The average molecular weight is 284 g/mol. The largest absolute Gasteiger partial charge is 0.340 e. The van der Waals surface area contributed by atoms with E-state index >= 15 is 0 Å². The first kappa shape index (κ1) is 15.1. The van der Waals surface area contributed by atoms with Crippen molar-refractivity contribution in [3.05, 3.63) is 35.9 Å². The van der Waals surface area contributed by atoms with Crippen molar-refractivity contribution in [2.75, 3.05) is 13.1 Å². The minimum Gasteiger partial charge on any atom is -0.340 e. The van der Waals surface area contributed by atoms with Crippen LogP contribution < -0.4 is 5.32 Å². The third-order valence-electron chi connectivity index (χ3n) is 3.60. The molecule has 0 radical (unpaired) electrons. The zero-order chi connectivity index (χ0) is 15.1. The van der Waals surface area contributed by atoms with Gasteiger partial charge in [-0.3, -0.25) is 9.59 Å². The highest BCUT2D eigenvalue weighted by Crippen LogP contribution is 2.19. The van der Waals surface area contributed by atoms with Crippen molar-refractivity contribution < 1.29 is 9.59 Å². The topological polar surface area (TPSA) is 49.4 Å². The van der Waals surface area contributed by atoms with E-state index in [1.807, 2.05) is 30.3 Å². The van der Waals surface area contributed by atoms with Gasteiger partial charge in [0.15, 0.2) is 0 Å². The molecule has 1 aromatic rings. The molecule has 1 aromatic carbocycles. The predicted molar refractivity (Wildman–Crippen MR) is 81.2 cm³/mol. The fraction of sp³-hybridized carbons (Fsp3) is 0.412. The molecule has 110 valence electrons. The maximum atomic E-state index is 12.6. The standard InChI is InChI=1S/C17H20N2O2/c1-2-3-4-8-12-19-13-11-15(20)18-16(17(19)21)14-9-6-5-7-10-14/h1,5-7,9-10,16H,3-4,8,11-13H2,(H,18,20). The maximum absolute atomic E-state index is 12.6. The van der Waals surface area contributed by atoms with E-state index < -0.39 is 6.04 Å². The summed E-state index contributed by atoms with van der Waals surface area (Å²) < 4.78 is 0. The SMILES string of the molecule is C#CCCCCN1CCC(=O)NC(c2ccccc2)C1=O. The highest BCUT2D eigenvalue weighted by Gasteiger charge is 2.30. The second-order valence-electron chi connectivity index (χ2n) is 5.15. The minimum absolute atomic E-state index is 0.0345. The molecule has 1 fully saturated rings. The Morgan fingerprint density at radius 3 is 2.71 bits per heavy atom. The lowest BCUT2D eigenvalue weighted by Crippen LogP contribution is -2.38. The first-order valence-corrected chi connectivity index (χ1v) is 7.29. The lowest BCUT2D eigenvalue weighted by Gasteiger charge is -2.24. The summed E-state index contributed by atoms with van der Waals surface area (Å²) >= 11 is 0. The summed E-state index contributed by atoms with van der Waals surface area (Å²) in [7, 11) is 0. The van der Waals surface area contributed by atoms with Crippen LogP contribution in [0.5, 0.6) is 0 Å². The number of nitrogens with zero attached hydrogens (tertiary/aromatic N) is 1. The molecule has 1 saturated heterocycles. The fourth-order valence-corrected chi connectivity index (χ4v) is 2.45. The van der Waals surface area contributed by atoms with Crippen LogP contribution in [-0.2, 0) is 9.59 Å². The van der Waals surface area contributed by atoms with Gasteiger partial charge >= 0.3 is 0 Å². The number of amides is 2. The summed E-state index contributed by atoms with van der Waals surface area (Å²) in [4.78, 5) is 26.2. The second kappa shape index (κ2) is 7.49. The van der Waals surface area contributed by atoms with E-state index in [-0.39, 0.29) is 11.8 Å².